The Morgan fingerprint density at radius 1 is 1.03 bits per heavy atom. The van der Waals surface area contributed by atoms with E-state index in [1.54, 1.807) is 19.1 Å². The molecule has 0 radical (unpaired) electrons. The van der Waals surface area contributed by atoms with Crippen LogP contribution in [0.2, 0.25) is 0 Å². The minimum Gasteiger partial charge on any atom is -0.454 e. The Morgan fingerprint density at radius 3 is 2.32 bits per heavy atom. The van der Waals surface area contributed by atoms with E-state index in [2.05, 4.69) is 5.32 Å². The normalized spacial score (nSPS) is 14.1. The standard InChI is InChI=1S/C26H34FN3O6S/c1-5-18(4)28-26(32)22(6-2)29(15-19-8-10-20(27)11-9-19)25(31)16-30(37(33,34)7-3)21-12-13-23-24(14-21)36-17-35-23/h8-14,18,22H,5-7,15-17H2,1-4H3,(H,28,32)/t18-,22+/m0/s1. The second-order valence-corrected chi connectivity index (χ2v) is 11.0. The van der Waals surface area contributed by atoms with Gasteiger partial charge in [0.25, 0.3) is 0 Å². The molecule has 0 bridgehead atoms. The van der Waals surface area contributed by atoms with Crippen LogP contribution in [0.3, 0.4) is 0 Å². The lowest BCUT2D eigenvalue weighted by molar-refractivity contribution is -0.140. The summed E-state index contributed by atoms with van der Waals surface area (Å²) in [5, 5.41) is 2.91. The highest BCUT2D eigenvalue weighted by molar-refractivity contribution is 7.92. The first-order chi connectivity index (χ1) is 17.6. The van der Waals surface area contributed by atoms with Gasteiger partial charge in [0.15, 0.2) is 11.5 Å². The molecule has 202 valence electrons. The van der Waals surface area contributed by atoms with E-state index in [1.165, 1.54) is 42.2 Å². The molecule has 0 saturated heterocycles. The van der Waals surface area contributed by atoms with Crippen LogP contribution in [0, 0.1) is 5.82 Å². The molecule has 0 saturated carbocycles. The molecule has 0 fully saturated rings. The third kappa shape index (κ3) is 6.91. The second kappa shape index (κ2) is 12.3. The number of nitrogens with one attached hydrogen (secondary N) is 1. The number of sulfonamides is 1. The Morgan fingerprint density at radius 2 is 1.70 bits per heavy atom. The van der Waals surface area contributed by atoms with Gasteiger partial charge in [-0.1, -0.05) is 26.0 Å². The number of anilines is 1. The number of fused-ring (bicyclic) bond motifs is 1. The first-order valence-electron chi connectivity index (χ1n) is 12.3. The first-order valence-corrected chi connectivity index (χ1v) is 13.9. The minimum absolute atomic E-state index is 0.00664. The van der Waals surface area contributed by atoms with Crippen molar-refractivity contribution >= 4 is 27.5 Å². The maximum absolute atomic E-state index is 13.8. The molecule has 1 aliphatic rings. The van der Waals surface area contributed by atoms with Crippen LogP contribution >= 0.6 is 0 Å². The van der Waals surface area contributed by atoms with E-state index in [9.17, 15) is 22.4 Å². The number of rotatable bonds is 12. The molecule has 3 rings (SSSR count). The number of halogens is 1. The van der Waals surface area contributed by atoms with Crippen molar-refractivity contribution in [1.29, 1.82) is 0 Å². The predicted octanol–water partition coefficient (Wildman–Crippen LogP) is 3.43. The maximum atomic E-state index is 13.8. The van der Waals surface area contributed by atoms with E-state index >= 15 is 0 Å². The van der Waals surface area contributed by atoms with Crippen molar-refractivity contribution in [3.8, 4) is 11.5 Å². The van der Waals surface area contributed by atoms with Crippen molar-refractivity contribution in [1.82, 2.24) is 10.2 Å². The monoisotopic (exact) mass is 535 g/mol. The Balaban J connectivity index is 1.96. The van der Waals surface area contributed by atoms with Crippen LogP contribution in [0.25, 0.3) is 0 Å². The number of amides is 2. The summed E-state index contributed by atoms with van der Waals surface area (Å²) in [6.07, 6.45) is 1.01. The van der Waals surface area contributed by atoms with Crippen LogP contribution in [0.1, 0.15) is 46.1 Å². The number of nitrogens with zero attached hydrogens (tertiary/aromatic N) is 2. The van der Waals surface area contributed by atoms with Gasteiger partial charge in [-0.3, -0.25) is 13.9 Å². The van der Waals surface area contributed by atoms with E-state index in [1.807, 2.05) is 13.8 Å². The topological polar surface area (TPSA) is 105 Å². The fourth-order valence-corrected chi connectivity index (χ4v) is 4.96. The molecule has 0 unspecified atom stereocenters. The summed E-state index contributed by atoms with van der Waals surface area (Å²) in [6, 6.07) is 9.32. The lowest BCUT2D eigenvalue weighted by Gasteiger charge is -2.33. The molecule has 1 heterocycles. The van der Waals surface area contributed by atoms with E-state index in [0.29, 0.717) is 29.9 Å². The highest BCUT2D eigenvalue weighted by atomic mass is 32.2. The predicted molar refractivity (Wildman–Crippen MR) is 138 cm³/mol. The molecule has 2 atom stereocenters. The van der Waals surface area contributed by atoms with E-state index in [0.717, 1.165) is 4.31 Å². The fourth-order valence-electron chi connectivity index (χ4n) is 3.91. The van der Waals surface area contributed by atoms with Crippen molar-refractivity contribution in [2.75, 3.05) is 23.4 Å². The summed E-state index contributed by atoms with van der Waals surface area (Å²) in [5.41, 5.74) is 0.857. The van der Waals surface area contributed by atoms with Crippen LogP contribution in [0.5, 0.6) is 11.5 Å². The Hall–Kier alpha value is -3.34. The summed E-state index contributed by atoms with van der Waals surface area (Å²) in [6.45, 7) is 6.58. The van der Waals surface area contributed by atoms with Crippen molar-refractivity contribution in [3.63, 3.8) is 0 Å². The van der Waals surface area contributed by atoms with Gasteiger partial charge in [0, 0.05) is 18.7 Å². The van der Waals surface area contributed by atoms with Gasteiger partial charge in [-0.2, -0.15) is 0 Å². The van der Waals surface area contributed by atoms with Crippen LogP contribution in [-0.2, 0) is 26.2 Å². The average molecular weight is 536 g/mol. The number of hydrogen-bond donors (Lipinski definition) is 1. The van der Waals surface area contributed by atoms with Crippen LogP contribution in [-0.4, -0.2) is 56.3 Å². The molecule has 2 aromatic carbocycles. The molecule has 9 nitrogen and oxygen atoms in total. The summed E-state index contributed by atoms with van der Waals surface area (Å²) >= 11 is 0. The zero-order valence-corrected chi connectivity index (χ0v) is 22.4. The van der Waals surface area contributed by atoms with Gasteiger partial charge in [0.1, 0.15) is 18.4 Å². The molecule has 2 amide bonds. The molecule has 11 heteroatoms. The van der Waals surface area contributed by atoms with Crippen molar-refractivity contribution in [2.24, 2.45) is 0 Å². The Bertz CT molecular complexity index is 1210. The molecule has 2 aromatic rings. The lowest BCUT2D eigenvalue weighted by atomic mass is 10.1. The van der Waals surface area contributed by atoms with Gasteiger partial charge in [0.2, 0.25) is 28.6 Å². The Kier molecular flexibility index (Phi) is 9.36. The molecule has 0 aliphatic carbocycles. The quantitative estimate of drug-likeness (QED) is 0.447. The van der Waals surface area contributed by atoms with E-state index in [-0.39, 0.29) is 36.7 Å². The van der Waals surface area contributed by atoms with Crippen LogP contribution in [0.4, 0.5) is 10.1 Å². The first kappa shape index (κ1) is 28.2. The third-order valence-corrected chi connectivity index (χ3v) is 8.02. The maximum Gasteiger partial charge on any atom is 0.244 e. The summed E-state index contributed by atoms with van der Waals surface area (Å²) in [4.78, 5) is 28.3. The summed E-state index contributed by atoms with van der Waals surface area (Å²) in [5.74, 6) is -0.701. The molecule has 1 aliphatic heterocycles. The van der Waals surface area contributed by atoms with Gasteiger partial charge < -0.3 is 19.7 Å². The molecule has 0 aromatic heterocycles. The largest absolute Gasteiger partial charge is 0.454 e. The minimum atomic E-state index is -3.87. The van der Waals surface area contributed by atoms with Gasteiger partial charge >= 0.3 is 0 Å². The molecule has 37 heavy (non-hydrogen) atoms. The molecule has 0 spiro atoms. The number of ether oxygens (including phenoxy) is 2. The van der Waals surface area contributed by atoms with Crippen molar-refractivity contribution in [2.45, 2.75) is 59.2 Å². The number of carbonyl (C=O) groups excluding carboxylic acids is 2. The molecular weight excluding hydrogens is 501 g/mol. The number of benzene rings is 2. The van der Waals surface area contributed by atoms with Crippen LogP contribution < -0.4 is 19.1 Å². The van der Waals surface area contributed by atoms with Crippen molar-refractivity contribution in [3.05, 3.63) is 53.8 Å². The zero-order valence-electron chi connectivity index (χ0n) is 21.6. The number of carbonyl (C=O) groups is 2. The average Bonchev–Trinajstić information content (AvgIpc) is 3.36. The lowest BCUT2D eigenvalue weighted by Crippen LogP contribution is -2.53. The SMILES string of the molecule is CC[C@H](C(=O)N[C@@H](C)CC)N(Cc1ccc(F)cc1)C(=O)CN(c1ccc2c(c1)OCO2)S(=O)(=O)CC. The molecular formula is C26H34FN3O6S. The van der Waals surface area contributed by atoms with Gasteiger partial charge in [0.05, 0.1) is 11.4 Å². The van der Waals surface area contributed by atoms with E-state index < -0.39 is 34.3 Å². The van der Waals surface area contributed by atoms with Gasteiger partial charge in [-0.25, -0.2) is 12.8 Å². The van der Waals surface area contributed by atoms with Gasteiger partial charge in [-0.05, 0) is 56.5 Å². The summed E-state index contributed by atoms with van der Waals surface area (Å²) in [7, 11) is -3.87. The molecule has 1 N–H and O–H groups in total. The van der Waals surface area contributed by atoms with Crippen LogP contribution in [0.15, 0.2) is 42.5 Å². The second-order valence-electron chi connectivity index (χ2n) is 8.83. The smallest absolute Gasteiger partial charge is 0.244 e. The van der Waals surface area contributed by atoms with E-state index in [4.69, 9.17) is 9.47 Å². The fraction of sp³-hybridized carbons (Fsp3) is 0.462. The highest BCUT2D eigenvalue weighted by Gasteiger charge is 2.33. The number of hydrogen-bond acceptors (Lipinski definition) is 6. The third-order valence-electron chi connectivity index (χ3n) is 6.28. The highest BCUT2D eigenvalue weighted by Crippen LogP contribution is 2.36. The summed E-state index contributed by atoms with van der Waals surface area (Å²) < 4.78 is 51.4. The van der Waals surface area contributed by atoms with Crippen molar-refractivity contribution < 1.29 is 31.9 Å². The zero-order chi connectivity index (χ0) is 27.2. The van der Waals surface area contributed by atoms with Gasteiger partial charge in [-0.15, -0.1) is 0 Å². The Labute approximate surface area is 217 Å².